The van der Waals surface area contributed by atoms with Gasteiger partial charge in [0, 0.05) is 18.1 Å². The zero-order chi connectivity index (χ0) is 24.8. The lowest BCUT2D eigenvalue weighted by molar-refractivity contribution is -0.0384. The van der Waals surface area contributed by atoms with Gasteiger partial charge in [0.1, 0.15) is 12.2 Å². The Balaban J connectivity index is 1.34. The van der Waals surface area contributed by atoms with Gasteiger partial charge in [-0.15, -0.1) is 10.2 Å². The van der Waals surface area contributed by atoms with E-state index in [4.69, 9.17) is 20.4 Å². The fourth-order valence-electron chi connectivity index (χ4n) is 5.49. The molecule has 0 radical (unpaired) electrons. The normalized spacial score (nSPS) is 31.3. The van der Waals surface area contributed by atoms with Gasteiger partial charge in [0.05, 0.1) is 13.4 Å². The molecule has 0 unspecified atom stereocenters. The fraction of sp³-hybridized carbons (Fsp3) is 0.727. The average Bonchev–Trinajstić information content (AvgIpc) is 3.66. The summed E-state index contributed by atoms with van der Waals surface area (Å²) in [5.74, 6) is 1.35. The van der Waals surface area contributed by atoms with Gasteiger partial charge in [0.15, 0.2) is 29.3 Å². The van der Waals surface area contributed by atoms with Crippen LogP contribution in [0.3, 0.4) is 0 Å². The van der Waals surface area contributed by atoms with Crippen LogP contribution in [0.15, 0.2) is 6.33 Å². The number of imidazole rings is 1. The van der Waals surface area contributed by atoms with Crippen molar-refractivity contribution in [2.45, 2.75) is 94.0 Å². The van der Waals surface area contributed by atoms with Gasteiger partial charge in [0.2, 0.25) is 11.8 Å². The van der Waals surface area contributed by atoms with Crippen molar-refractivity contribution in [1.82, 2.24) is 39.7 Å². The molecular weight excluding hydrogens is 466 g/mol. The first kappa shape index (κ1) is 23.5. The van der Waals surface area contributed by atoms with Crippen molar-refractivity contribution in [2.24, 2.45) is 12.8 Å². The van der Waals surface area contributed by atoms with E-state index in [9.17, 15) is 10.2 Å². The Bertz CT molecular complexity index is 1200. The Labute approximate surface area is 207 Å². The summed E-state index contributed by atoms with van der Waals surface area (Å²) in [4.78, 5) is 15.4. The first-order chi connectivity index (χ1) is 17.5. The second-order valence-corrected chi connectivity index (χ2v) is 10.2. The Morgan fingerprint density at radius 1 is 1.00 bits per heavy atom. The van der Waals surface area contributed by atoms with Gasteiger partial charge < -0.3 is 31.3 Å². The summed E-state index contributed by atoms with van der Waals surface area (Å²) in [6.45, 7) is 0. The lowest BCUT2D eigenvalue weighted by Gasteiger charge is -2.27. The molecule has 4 heterocycles. The molecular formula is C22H33N11O3. The van der Waals surface area contributed by atoms with Gasteiger partial charge in [-0.1, -0.05) is 12.8 Å². The summed E-state index contributed by atoms with van der Waals surface area (Å²) < 4.78 is 7.68. The van der Waals surface area contributed by atoms with E-state index in [2.05, 4.69) is 31.0 Å². The molecule has 14 heteroatoms. The van der Waals surface area contributed by atoms with Crippen molar-refractivity contribution in [1.29, 1.82) is 0 Å². The summed E-state index contributed by atoms with van der Waals surface area (Å²) in [7, 11) is 1.62. The maximum absolute atomic E-state index is 10.9. The lowest BCUT2D eigenvalue weighted by Crippen LogP contribution is -2.33. The van der Waals surface area contributed by atoms with Crippen molar-refractivity contribution in [2.75, 3.05) is 10.6 Å². The standard InChI is InChI=1S/C22H33N11O3/c1-32-30-19(29-31-32)17-15(34)16(35)21(36-17)33-10-24-14-18(25-12-4-2-3-5-12)27-22(28-20(14)33)26-13-8-6-11(23)7-9-13/h10-13,15-17,21,34-35H,2-9,23H2,1H3,(H2,25,26,27,28)/t11?,13?,15-,16+,17-,21+/m0/s1. The molecule has 0 bridgehead atoms. The number of hydrogen-bond donors (Lipinski definition) is 5. The highest BCUT2D eigenvalue weighted by molar-refractivity contribution is 5.84. The predicted octanol–water partition coefficient (Wildman–Crippen LogP) is 0.378. The van der Waals surface area contributed by atoms with Gasteiger partial charge in [-0.3, -0.25) is 4.57 Å². The number of nitrogens with one attached hydrogen (secondary N) is 2. The van der Waals surface area contributed by atoms with Crippen LogP contribution in [-0.2, 0) is 11.8 Å². The second-order valence-electron chi connectivity index (χ2n) is 10.2. The van der Waals surface area contributed by atoms with Gasteiger partial charge >= 0.3 is 0 Å². The molecule has 6 N–H and O–H groups in total. The number of nitrogens with zero attached hydrogens (tertiary/aromatic N) is 8. The minimum atomic E-state index is -1.24. The average molecular weight is 500 g/mol. The molecule has 14 nitrogen and oxygen atoms in total. The molecule has 0 amide bonds. The number of aromatic nitrogens is 8. The van der Waals surface area contributed by atoms with Crippen molar-refractivity contribution in [3.05, 3.63) is 12.2 Å². The molecule has 3 aromatic heterocycles. The summed E-state index contributed by atoms with van der Waals surface area (Å²) in [5, 5.41) is 40.5. The molecule has 4 atom stereocenters. The maximum atomic E-state index is 10.9. The Kier molecular flexibility index (Phi) is 6.19. The molecule has 1 saturated heterocycles. The van der Waals surface area contributed by atoms with Gasteiger partial charge in [-0.2, -0.15) is 14.8 Å². The molecule has 3 aliphatic rings. The minimum Gasteiger partial charge on any atom is -0.387 e. The maximum Gasteiger partial charge on any atom is 0.227 e. The SMILES string of the molecule is Cn1nnc([C@H]2O[C@@H](n3cnc4c(NC5CCCC5)nc(NC5CCC(N)CC5)nc43)[C@H](O)[C@@H]2O)n1. The van der Waals surface area contributed by atoms with Crippen LogP contribution in [0.1, 0.15) is 69.5 Å². The highest BCUT2D eigenvalue weighted by atomic mass is 16.6. The highest BCUT2D eigenvalue weighted by Crippen LogP contribution is 2.39. The van der Waals surface area contributed by atoms with Crippen LogP contribution < -0.4 is 16.4 Å². The predicted molar refractivity (Wildman–Crippen MR) is 129 cm³/mol. The van der Waals surface area contributed by atoms with Gasteiger partial charge in [0.25, 0.3) is 0 Å². The molecule has 194 valence electrons. The Morgan fingerprint density at radius 2 is 1.75 bits per heavy atom. The number of rotatable bonds is 6. The zero-order valence-corrected chi connectivity index (χ0v) is 20.2. The molecule has 0 spiro atoms. The zero-order valence-electron chi connectivity index (χ0n) is 20.2. The van der Waals surface area contributed by atoms with Crippen LogP contribution in [-0.4, -0.2) is 80.3 Å². The van der Waals surface area contributed by atoms with Crippen molar-refractivity contribution < 1.29 is 14.9 Å². The number of ether oxygens (including phenoxy) is 1. The topological polar surface area (TPSA) is 187 Å². The van der Waals surface area contributed by atoms with E-state index >= 15 is 0 Å². The van der Waals surface area contributed by atoms with E-state index in [1.807, 2.05) is 0 Å². The number of aliphatic hydroxyl groups is 2. The molecule has 6 rings (SSSR count). The van der Waals surface area contributed by atoms with Gasteiger partial charge in [-0.05, 0) is 43.7 Å². The van der Waals surface area contributed by atoms with E-state index < -0.39 is 24.5 Å². The number of nitrogens with two attached hydrogens (primary N) is 1. The molecule has 2 aliphatic carbocycles. The molecule has 2 saturated carbocycles. The molecule has 36 heavy (non-hydrogen) atoms. The number of tetrazole rings is 1. The first-order valence-corrected chi connectivity index (χ1v) is 12.7. The van der Waals surface area contributed by atoms with E-state index in [0.717, 1.165) is 38.5 Å². The largest absolute Gasteiger partial charge is 0.387 e. The van der Waals surface area contributed by atoms with E-state index in [1.165, 1.54) is 17.6 Å². The van der Waals surface area contributed by atoms with E-state index in [0.29, 0.717) is 29.0 Å². The Morgan fingerprint density at radius 3 is 2.47 bits per heavy atom. The van der Waals surface area contributed by atoms with E-state index in [1.54, 1.807) is 17.9 Å². The third-order valence-electron chi connectivity index (χ3n) is 7.51. The lowest BCUT2D eigenvalue weighted by atomic mass is 9.92. The molecule has 1 aliphatic heterocycles. The van der Waals surface area contributed by atoms with Crippen molar-refractivity contribution in [3.63, 3.8) is 0 Å². The first-order valence-electron chi connectivity index (χ1n) is 12.7. The minimum absolute atomic E-state index is 0.201. The summed E-state index contributed by atoms with van der Waals surface area (Å²) in [6, 6.07) is 0.813. The quantitative estimate of drug-likeness (QED) is 0.314. The van der Waals surface area contributed by atoms with Crippen LogP contribution in [0, 0.1) is 0 Å². The molecule has 0 aromatic carbocycles. The van der Waals surface area contributed by atoms with Crippen LogP contribution in [0.25, 0.3) is 11.2 Å². The number of aliphatic hydroxyl groups excluding tert-OH is 2. The smallest absolute Gasteiger partial charge is 0.227 e. The second kappa shape index (κ2) is 9.50. The fourth-order valence-corrected chi connectivity index (χ4v) is 5.49. The summed E-state index contributed by atoms with van der Waals surface area (Å²) in [6.07, 6.45) is 5.59. The number of aryl methyl sites for hydroxylation is 1. The third kappa shape index (κ3) is 4.38. The van der Waals surface area contributed by atoms with Crippen molar-refractivity contribution in [3.8, 4) is 0 Å². The number of anilines is 2. The van der Waals surface area contributed by atoms with Crippen LogP contribution in [0.5, 0.6) is 0 Å². The molecule has 3 aromatic rings. The summed E-state index contributed by atoms with van der Waals surface area (Å²) >= 11 is 0. The highest BCUT2D eigenvalue weighted by Gasteiger charge is 2.47. The molecule has 3 fully saturated rings. The Hall–Kier alpha value is -2.94. The number of fused-ring (bicyclic) bond motifs is 1. The third-order valence-corrected chi connectivity index (χ3v) is 7.51. The van der Waals surface area contributed by atoms with Gasteiger partial charge in [-0.25, -0.2) is 4.98 Å². The number of hydrogen-bond acceptors (Lipinski definition) is 12. The van der Waals surface area contributed by atoms with E-state index in [-0.39, 0.29) is 17.9 Å². The van der Waals surface area contributed by atoms with Crippen LogP contribution in [0.4, 0.5) is 11.8 Å². The summed E-state index contributed by atoms with van der Waals surface area (Å²) in [5.41, 5.74) is 7.17. The van der Waals surface area contributed by atoms with Crippen molar-refractivity contribution >= 4 is 22.9 Å². The monoisotopic (exact) mass is 499 g/mol. The van der Waals surface area contributed by atoms with Crippen LogP contribution in [0.2, 0.25) is 0 Å². The van der Waals surface area contributed by atoms with Crippen LogP contribution >= 0.6 is 0 Å².